The summed E-state index contributed by atoms with van der Waals surface area (Å²) in [6, 6.07) is 0. The van der Waals surface area contributed by atoms with Gasteiger partial charge in [-0.05, 0) is 30.6 Å². The maximum atomic E-state index is 11.6. The lowest BCUT2D eigenvalue weighted by Gasteiger charge is -2.23. The molecule has 16 heavy (non-hydrogen) atoms. The van der Waals surface area contributed by atoms with Crippen LogP contribution in [0.5, 0.6) is 0 Å². The zero-order valence-corrected chi connectivity index (χ0v) is 11.7. The molecule has 0 aliphatic heterocycles. The van der Waals surface area contributed by atoms with Crippen LogP contribution in [0.3, 0.4) is 0 Å². The predicted molar refractivity (Wildman–Crippen MR) is 68.2 cm³/mol. The van der Waals surface area contributed by atoms with E-state index < -0.39 is 0 Å². The summed E-state index contributed by atoms with van der Waals surface area (Å²) in [6.45, 7) is 12.8. The molecular weight excluding hydrogens is 200 g/mol. The summed E-state index contributed by atoms with van der Waals surface area (Å²) in [5.41, 5.74) is 0. The lowest BCUT2D eigenvalue weighted by Crippen LogP contribution is -2.25. The van der Waals surface area contributed by atoms with Gasteiger partial charge in [0.25, 0.3) is 0 Å². The van der Waals surface area contributed by atoms with Gasteiger partial charge in [-0.1, -0.05) is 41.5 Å². The Hall–Kier alpha value is -0.530. The van der Waals surface area contributed by atoms with Crippen molar-refractivity contribution in [2.75, 3.05) is 0 Å². The zero-order valence-electron chi connectivity index (χ0n) is 11.7. The third kappa shape index (κ3) is 7.72. The Balaban J connectivity index is 4.03. The first-order valence-electron chi connectivity index (χ1n) is 6.52. The van der Waals surface area contributed by atoms with Crippen molar-refractivity contribution in [1.29, 1.82) is 0 Å². The third-order valence-electron chi connectivity index (χ3n) is 2.66. The van der Waals surface area contributed by atoms with Gasteiger partial charge >= 0.3 is 5.97 Å². The first kappa shape index (κ1) is 15.5. The summed E-state index contributed by atoms with van der Waals surface area (Å²) in [7, 11) is 0. The number of hydrogen-bond donors (Lipinski definition) is 0. The summed E-state index contributed by atoms with van der Waals surface area (Å²) >= 11 is 0. The second-order valence-electron chi connectivity index (χ2n) is 5.83. The molecule has 0 aromatic carbocycles. The standard InChI is InChI=1S/C14H28O2/c1-10(2)7-8-14(15)16-13(12(5)6)9-11(3)4/h10-13H,7-9H2,1-6H3. The highest BCUT2D eigenvalue weighted by atomic mass is 16.5. The molecule has 1 atom stereocenters. The molecule has 0 aromatic heterocycles. The smallest absolute Gasteiger partial charge is 0.306 e. The number of esters is 1. The third-order valence-corrected chi connectivity index (χ3v) is 2.66. The molecule has 0 aromatic rings. The van der Waals surface area contributed by atoms with Crippen LogP contribution in [0, 0.1) is 17.8 Å². The van der Waals surface area contributed by atoms with Crippen LogP contribution in [-0.4, -0.2) is 12.1 Å². The Morgan fingerprint density at radius 2 is 1.56 bits per heavy atom. The number of carbonyl (C=O) groups is 1. The molecular formula is C14H28O2. The van der Waals surface area contributed by atoms with Crippen LogP contribution in [0.25, 0.3) is 0 Å². The molecule has 0 saturated carbocycles. The number of rotatable bonds is 7. The van der Waals surface area contributed by atoms with E-state index in [1.807, 2.05) is 0 Å². The van der Waals surface area contributed by atoms with Crippen molar-refractivity contribution in [3.8, 4) is 0 Å². The van der Waals surface area contributed by atoms with Crippen LogP contribution in [0.4, 0.5) is 0 Å². The molecule has 2 heteroatoms. The molecule has 0 bridgehead atoms. The first-order valence-corrected chi connectivity index (χ1v) is 6.52. The molecule has 1 unspecified atom stereocenters. The summed E-state index contributed by atoms with van der Waals surface area (Å²) < 4.78 is 5.53. The van der Waals surface area contributed by atoms with Crippen LogP contribution in [0.2, 0.25) is 0 Å². The minimum atomic E-state index is -0.0342. The molecule has 96 valence electrons. The van der Waals surface area contributed by atoms with Gasteiger partial charge in [-0.25, -0.2) is 0 Å². The number of carbonyl (C=O) groups excluding carboxylic acids is 1. The summed E-state index contributed by atoms with van der Waals surface area (Å²) in [6.07, 6.45) is 2.52. The summed E-state index contributed by atoms with van der Waals surface area (Å²) in [5, 5.41) is 0. The minimum Gasteiger partial charge on any atom is -0.462 e. The minimum absolute atomic E-state index is 0.0342. The van der Waals surface area contributed by atoms with E-state index in [0.717, 1.165) is 12.8 Å². The average Bonchev–Trinajstić information content (AvgIpc) is 2.12. The lowest BCUT2D eigenvalue weighted by molar-refractivity contribution is -0.152. The van der Waals surface area contributed by atoms with E-state index >= 15 is 0 Å². The van der Waals surface area contributed by atoms with Gasteiger partial charge in [0.1, 0.15) is 6.10 Å². The van der Waals surface area contributed by atoms with E-state index in [9.17, 15) is 4.79 Å². The van der Waals surface area contributed by atoms with E-state index in [1.54, 1.807) is 0 Å². The van der Waals surface area contributed by atoms with E-state index in [4.69, 9.17) is 4.74 Å². The second kappa shape index (κ2) is 7.70. The monoisotopic (exact) mass is 228 g/mol. The van der Waals surface area contributed by atoms with Crippen molar-refractivity contribution in [2.45, 2.75) is 66.9 Å². The molecule has 0 spiro atoms. The molecule has 0 amide bonds. The van der Waals surface area contributed by atoms with Gasteiger partial charge in [0, 0.05) is 6.42 Å². The van der Waals surface area contributed by atoms with Gasteiger partial charge in [0.15, 0.2) is 0 Å². The molecule has 0 heterocycles. The molecule has 2 nitrogen and oxygen atoms in total. The fourth-order valence-electron chi connectivity index (χ4n) is 1.56. The van der Waals surface area contributed by atoms with Gasteiger partial charge in [-0.2, -0.15) is 0 Å². The number of hydrogen-bond acceptors (Lipinski definition) is 2. The summed E-state index contributed by atoms with van der Waals surface area (Å²) in [4.78, 5) is 11.6. The van der Waals surface area contributed by atoms with Gasteiger partial charge in [-0.3, -0.25) is 4.79 Å². The van der Waals surface area contributed by atoms with Crippen molar-refractivity contribution in [2.24, 2.45) is 17.8 Å². The average molecular weight is 228 g/mol. The van der Waals surface area contributed by atoms with E-state index in [0.29, 0.717) is 24.2 Å². The maximum absolute atomic E-state index is 11.6. The molecule has 0 saturated heterocycles. The highest BCUT2D eigenvalue weighted by Crippen LogP contribution is 2.17. The topological polar surface area (TPSA) is 26.3 Å². The van der Waals surface area contributed by atoms with Crippen LogP contribution >= 0.6 is 0 Å². The highest BCUT2D eigenvalue weighted by Gasteiger charge is 2.19. The zero-order chi connectivity index (χ0) is 12.7. The van der Waals surface area contributed by atoms with Crippen molar-refractivity contribution in [3.63, 3.8) is 0 Å². The van der Waals surface area contributed by atoms with Gasteiger partial charge in [0.2, 0.25) is 0 Å². The van der Waals surface area contributed by atoms with Crippen molar-refractivity contribution in [1.82, 2.24) is 0 Å². The van der Waals surface area contributed by atoms with Crippen molar-refractivity contribution >= 4 is 5.97 Å². The van der Waals surface area contributed by atoms with Crippen molar-refractivity contribution in [3.05, 3.63) is 0 Å². The summed E-state index contributed by atoms with van der Waals surface area (Å²) in [5.74, 6) is 1.51. The van der Waals surface area contributed by atoms with Crippen LogP contribution < -0.4 is 0 Å². The normalized spacial score (nSPS) is 13.6. The molecule has 0 N–H and O–H groups in total. The predicted octanol–water partition coefficient (Wildman–Crippen LogP) is 4.04. The quantitative estimate of drug-likeness (QED) is 0.615. The molecule has 0 fully saturated rings. The van der Waals surface area contributed by atoms with Crippen molar-refractivity contribution < 1.29 is 9.53 Å². The largest absolute Gasteiger partial charge is 0.462 e. The fourth-order valence-corrected chi connectivity index (χ4v) is 1.56. The molecule has 0 radical (unpaired) electrons. The van der Waals surface area contributed by atoms with E-state index in [-0.39, 0.29) is 12.1 Å². The fraction of sp³-hybridized carbons (Fsp3) is 0.929. The first-order chi connectivity index (χ1) is 7.32. The SMILES string of the molecule is CC(C)CCC(=O)OC(CC(C)C)C(C)C. The lowest BCUT2D eigenvalue weighted by atomic mass is 9.97. The maximum Gasteiger partial charge on any atom is 0.306 e. The van der Waals surface area contributed by atoms with Gasteiger partial charge < -0.3 is 4.74 Å². The van der Waals surface area contributed by atoms with Gasteiger partial charge in [0.05, 0.1) is 0 Å². The van der Waals surface area contributed by atoms with E-state index in [1.165, 1.54) is 0 Å². The Morgan fingerprint density at radius 1 is 1.00 bits per heavy atom. The molecule has 0 rings (SSSR count). The molecule has 0 aliphatic rings. The Morgan fingerprint density at radius 3 is 1.94 bits per heavy atom. The Labute approximate surface area is 101 Å². The number of ether oxygens (including phenoxy) is 1. The Bertz CT molecular complexity index is 195. The second-order valence-corrected chi connectivity index (χ2v) is 5.83. The van der Waals surface area contributed by atoms with Crippen LogP contribution in [0.15, 0.2) is 0 Å². The molecule has 0 aliphatic carbocycles. The van der Waals surface area contributed by atoms with Crippen LogP contribution in [0.1, 0.15) is 60.8 Å². The van der Waals surface area contributed by atoms with E-state index in [2.05, 4.69) is 41.5 Å². The van der Waals surface area contributed by atoms with Crippen LogP contribution in [-0.2, 0) is 9.53 Å². The van der Waals surface area contributed by atoms with Gasteiger partial charge in [-0.15, -0.1) is 0 Å². The Kier molecular flexibility index (Phi) is 7.44. The highest BCUT2D eigenvalue weighted by molar-refractivity contribution is 5.69.